The van der Waals surface area contributed by atoms with Gasteiger partial charge in [-0.25, -0.2) is 9.37 Å². The van der Waals surface area contributed by atoms with Crippen LogP contribution in [-0.2, 0) is 11.2 Å². The highest BCUT2D eigenvalue weighted by Crippen LogP contribution is 2.17. The molecule has 1 aliphatic heterocycles. The number of nitrogens with zero attached hydrogens (tertiary/aromatic N) is 3. The summed E-state index contributed by atoms with van der Waals surface area (Å²) in [6.45, 7) is 1.26. The van der Waals surface area contributed by atoms with E-state index in [1.807, 2.05) is 0 Å². The van der Waals surface area contributed by atoms with Crippen molar-refractivity contribution in [2.45, 2.75) is 25.4 Å². The third-order valence-corrected chi connectivity index (χ3v) is 3.83. The van der Waals surface area contributed by atoms with E-state index in [0.717, 1.165) is 24.9 Å². The molecule has 1 aromatic heterocycles. The zero-order valence-electron chi connectivity index (χ0n) is 12.7. The van der Waals surface area contributed by atoms with Gasteiger partial charge in [-0.1, -0.05) is 12.1 Å². The van der Waals surface area contributed by atoms with E-state index in [9.17, 15) is 9.18 Å². The third-order valence-electron chi connectivity index (χ3n) is 3.83. The monoisotopic (exact) mass is 315 g/mol. The first-order valence-corrected chi connectivity index (χ1v) is 7.65. The summed E-state index contributed by atoms with van der Waals surface area (Å²) in [7, 11) is 0. The van der Waals surface area contributed by atoms with E-state index in [1.54, 1.807) is 35.6 Å². The van der Waals surface area contributed by atoms with Crippen molar-refractivity contribution >= 4 is 5.91 Å². The SMILES string of the molecule is O=C(Cc1ccc(F)cc1)N1CCC[C@@H](Oc2cnccn2)C1. The van der Waals surface area contributed by atoms with Crippen LogP contribution in [0.15, 0.2) is 42.9 Å². The van der Waals surface area contributed by atoms with Gasteiger partial charge in [0.15, 0.2) is 0 Å². The predicted molar refractivity (Wildman–Crippen MR) is 82.4 cm³/mol. The maximum atomic E-state index is 12.9. The van der Waals surface area contributed by atoms with Crippen molar-refractivity contribution in [2.24, 2.45) is 0 Å². The van der Waals surface area contributed by atoms with Gasteiger partial charge < -0.3 is 9.64 Å². The number of likely N-dealkylation sites (tertiary alicyclic amines) is 1. The minimum absolute atomic E-state index is 0.0315. The third kappa shape index (κ3) is 4.25. The molecule has 0 spiro atoms. The number of aromatic nitrogens is 2. The molecular weight excluding hydrogens is 297 g/mol. The second-order valence-electron chi connectivity index (χ2n) is 5.57. The van der Waals surface area contributed by atoms with Crippen molar-refractivity contribution in [3.63, 3.8) is 0 Å². The number of amides is 1. The molecule has 23 heavy (non-hydrogen) atoms. The van der Waals surface area contributed by atoms with Gasteiger partial charge in [-0.2, -0.15) is 0 Å². The molecule has 5 nitrogen and oxygen atoms in total. The Morgan fingerprint density at radius 1 is 1.30 bits per heavy atom. The lowest BCUT2D eigenvalue weighted by atomic mass is 10.1. The van der Waals surface area contributed by atoms with Crippen LogP contribution in [0.3, 0.4) is 0 Å². The molecule has 0 unspecified atom stereocenters. The Morgan fingerprint density at radius 2 is 2.13 bits per heavy atom. The maximum Gasteiger partial charge on any atom is 0.232 e. The number of benzene rings is 1. The molecule has 6 heteroatoms. The smallest absolute Gasteiger partial charge is 0.232 e. The van der Waals surface area contributed by atoms with Crippen molar-refractivity contribution in [3.8, 4) is 5.88 Å². The largest absolute Gasteiger partial charge is 0.471 e. The van der Waals surface area contributed by atoms with Gasteiger partial charge in [0.25, 0.3) is 0 Å². The number of rotatable bonds is 4. The van der Waals surface area contributed by atoms with Crippen LogP contribution < -0.4 is 4.74 Å². The molecule has 0 N–H and O–H groups in total. The highest BCUT2D eigenvalue weighted by molar-refractivity contribution is 5.78. The normalized spacial score (nSPS) is 17.8. The van der Waals surface area contributed by atoms with E-state index in [2.05, 4.69) is 9.97 Å². The lowest BCUT2D eigenvalue weighted by molar-refractivity contribution is -0.133. The molecule has 2 heterocycles. The van der Waals surface area contributed by atoms with Crippen LogP contribution in [0.2, 0.25) is 0 Å². The average molecular weight is 315 g/mol. The van der Waals surface area contributed by atoms with Gasteiger partial charge in [-0.3, -0.25) is 9.78 Å². The van der Waals surface area contributed by atoms with Crippen LogP contribution in [0.5, 0.6) is 5.88 Å². The summed E-state index contributed by atoms with van der Waals surface area (Å²) in [6.07, 6.45) is 6.72. The first kappa shape index (κ1) is 15.4. The molecule has 1 fully saturated rings. The summed E-state index contributed by atoms with van der Waals surface area (Å²) in [4.78, 5) is 22.3. The molecule has 0 bridgehead atoms. The van der Waals surface area contributed by atoms with E-state index in [1.165, 1.54) is 12.1 Å². The summed E-state index contributed by atoms with van der Waals surface area (Å²) in [5.41, 5.74) is 0.813. The average Bonchev–Trinajstić information content (AvgIpc) is 2.58. The van der Waals surface area contributed by atoms with Crippen molar-refractivity contribution in [2.75, 3.05) is 13.1 Å². The molecular formula is C17H18FN3O2. The summed E-state index contributed by atoms with van der Waals surface area (Å²) >= 11 is 0. The van der Waals surface area contributed by atoms with Gasteiger partial charge in [0.2, 0.25) is 11.8 Å². The Bertz CT molecular complexity index is 649. The number of piperidine rings is 1. The van der Waals surface area contributed by atoms with Crippen LogP contribution in [0.1, 0.15) is 18.4 Å². The molecule has 3 rings (SSSR count). The second kappa shape index (κ2) is 7.17. The minimum atomic E-state index is -0.295. The van der Waals surface area contributed by atoms with E-state index < -0.39 is 0 Å². The molecule has 0 saturated carbocycles. The van der Waals surface area contributed by atoms with Crippen LogP contribution >= 0.6 is 0 Å². The Labute approximate surface area is 134 Å². The van der Waals surface area contributed by atoms with Crippen molar-refractivity contribution in [1.82, 2.24) is 14.9 Å². The molecule has 1 aliphatic rings. The fraction of sp³-hybridized carbons (Fsp3) is 0.353. The quantitative estimate of drug-likeness (QED) is 0.868. The molecule has 2 aromatic rings. The molecule has 1 aromatic carbocycles. The van der Waals surface area contributed by atoms with E-state index in [0.29, 0.717) is 12.4 Å². The standard InChI is InChI=1S/C17H18FN3O2/c18-14-5-3-13(4-6-14)10-17(22)21-9-1-2-15(12-21)23-16-11-19-7-8-20-16/h3-8,11,15H,1-2,9-10,12H2/t15-/m1/s1. The van der Waals surface area contributed by atoms with Gasteiger partial charge >= 0.3 is 0 Å². The number of halogens is 1. The fourth-order valence-corrected chi connectivity index (χ4v) is 2.67. The van der Waals surface area contributed by atoms with E-state index >= 15 is 0 Å². The zero-order chi connectivity index (χ0) is 16.1. The number of carbonyl (C=O) groups is 1. The topological polar surface area (TPSA) is 55.3 Å². The molecule has 1 saturated heterocycles. The number of hydrogen-bond acceptors (Lipinski definition) is 4. The number of hydrogen-bond donors (Lipinski definition) is 0. The molecule has 120 valence electrons. The van der Waals surface area contributed by atoms with Crippen LogP contribution in [-0.4, -0.2) is 40.0 Å². The number of carbonyl (C=O) groups excluding carboxylic acids is 1. The van der Waals surface area contributed by atoms with Crippen molar-refractivity contribution in [1.29, 1.82) is 0 Å². The van der Waals surface area contributed by atoms with Gasteiger partial charge in [0.05, 0.1) is 19.2 Å². The molecule has 1 amide bonds. The first-order chi connectivity index (χ1) is 11.2. The van der Waals surface area contributed by atoms with Crippen LogP contribution in [0, 0.1) is 5.82 Å². The van der Waals surface area contributed by atoms with Crippen molar-refractivity contribution < 1.29 is 13.9 Å². The van der Waals surface area contributed by atoms with Gasteiger partial charge in [0.1, 0.15) is 11.9 Å². The molecule has 0 radical (unpaired) electrons. The van der Waals surface area contributed by atoms with E-state index in [-0.39, 0.29) is 24.2 Å². The Hall–Kier alpha value is -2.50. The van der Waals surface area contributed by atoms with Gasteiger partial charge in [-0.05, 0) is 30.5 Å². The summed E-state index contributed by atoms with van der Waals surface area (Å²) in [5.74, 6) is 0.214. The highest BCUT2D eigenvalue weighted by atomic mass is 19.1. The van der Waals surface area contributed by atoms with Crippen LogP contribution in [0.4, 0.5) is 4.39 Å². The maximum absolute atomic E-state index is 12.9. The summed E-state index contributed by atoms with van der Waals surface area (Å²) < 4.78 is 18.7. The summed E-state index contributed by atoms with van der Waals surface area (Å²) in [5, 5.41) is 0. The second-order valence-corrected chi connectivity index (χ2v) is 5.57. The van der Waals surface area contributed by atoms with Crippen molar-refractivity contribution in [3.05, 3.63) is 54.2 Å². The molecule has 0 aliphatic carbocycles. The summed E-state index contributed by atoms with van der Waals surface area (Å²) in [6, 6.07) is 6.03. The van der Waals surface area contributed by atoms with Crippen LogP contribution in [0.25, 0.3) is 0 Å². The predicted octanol–water partition coefficient (Wildman–Crippen LogP) is 2.23. The lowest BCUT2D eigenvalue weighted by Crippen LogP contribution is -2.45. The number of ether oxygens (including phenoxy) is 1. The zero-order valence-corrected chi connectivity index (χ0v) is 12.7. The van der Waals surface area contributed by atoms with Gasteiger partial charge in [-0.15, -0.1) is 0 Å². The Balaban J connectivity index is 1.57. The fourth-order valence-electron chi connectivity index (χ4n) is 2.67. The first-order valence-electron chi connectivity index (χ1n) is 7.65. The Kier molecular flexibility index (Phi) is 4.80. The minimum Gasteiger partial charge on any atom is -0.471 e. The lowest BCUT2D eigenvalue weighted by Gasteiger charge is -2.32. The highest BCUT2D eigenvalue weighted by Gasteiger charge is 2.25. The Morgan fingerprint density at radius 3 is 2.87 bits per heavy atom. The van der Waals surface area contributed by atoms with Gasteiger partial charge in [0, 0.05) is 18.9 Å². The molecule has 1 atom stereocenters. The van der Waals surface area contributed by atoms with E-state index in [4.69, 9.17) is 4.74 Å².